The van der Waals surface area contributed by atoms with Crippen molar-refractivity contribution in [3.05, 3.63) is 23.3 Å². The molecule has 0 amide bonds. The summed E-state index contributed by atoms with van der Waals surface area (Å²) in [4.78, 5) is 23.1. The van der Waals surface area contributed by atoms with E-state index in [1.807, 2.05) is 0 Å². The molecule has 1 aromatic rings. The van der Waals surface area contributed by atoms with Crippen molar-refractivity contribution >= 4 is 11.8 Å². The largest absolute Gasteiger partial charge is 0.497 e. The summed E-state index contributed by atoms with van der Waals surface area (Å²) >= 11 is 0. The van der Waals surface area contributed by atoms with E-state index in [-0.39, 0.29) is 12.2 Å². The number of carbonyl (C=O) groups is 2. The van der Waals surface area contributed by atoms with Crippen molar-refractivity contribution in [2.24, 2.45) is 0 Å². The first kappa shape index (κ1) is 12.4. The summed E-state index contributed by atoms with van der Waals surface area (Å²) in [5, 5.41) is 9.22. The number of Topliss-reactive ketones (excluding diaryl/α,β-unsaturated/α-hetero) is 1. The van der Waals surface area contributed by atoms with Gasteiger partial charge in [0, 0.05) is 23.6 Å². The van der Waals surface area contributed by atoms with Crippen molar-refractivity contribution in [2.45, 2.75) is 18.8 Å². The van der Waals surface area contributed by atoms with Crippen molar-refractivity contribution in [3.63, 3.8) is 0 Å². The van der Waals surface area contributed by atoms with Gasteiger partial charge in [-0.1, -0.05) is 0 Å². The third-order valence-electron chi connectivity index (χ3n) is 3.18. The molecule has 96 valence electrons. The molecule has 0 saturated carbocycles. The maximum Gasteiger partial charge on any atom is 0.311 e. The Morgan fingerprint density at radius 1 is 1.33 bits per heavy atom. The molecule has 0 bridgehead atoms. The molecule has 1 N–H and O–H groups in total. The van der Waals surface area contributed by atoms with Crippen molar-refractivity contribution in [1.82, 2.24) is 0 Å². The van der Waals surface area contributed by atoms with Crippen LogP contribution in [0.25, 0.3) is 0 Å². The second-order valence-corrected chi connectivity index (χ2v) is 4.14. The van der Waals surface area contributed by atoms with Crippen LogP contribution in [0.4, 0.5) is 0 Å². The molecule has 1 aliphatic rings. The van der Waals surface area contributed by atoms with Crippen molar-refractivity contribution in [2.75, 3.05) is 14.2 Å². The molecule has 0 aromatic heterocycles. The van der Waals surface area contributed by atoms with Gasteiger partial charge in [0.15, 0.2) is 5.78 Å². The number of carbonyl (C=O) groups excluding carboxylic acids is 1. The van der Waals surface area contributed by atoms with Gasteiger partial charge in [-0.15, -0.1) is 0 Å². The van der Waals surface area contributed by atoms with E-state index >= 15 is 0 Å². The average molecular weight is 250 g/mol. The lowest BCUT2D eigenvalue weighted by atomic mass is 9.81. The van der Waals surface area contributed by atoms with Gasteiger partial charge in [0.1, 0.15) is 11.5 Å². The van der Waals surface area contributed by atoms with E-state index in [9.17, 15) is 14.7 Å². The fourth-order valence-corrected chi connectivity index (χ4v) is 2.28. The highest BCUT2D eigenvalue weighted by atomic mass is 16.5. The SMILES string of the molecule is COc1cc(OC)c2c(c1)C(=O)CCC2C(=O)O. The molecular formula is C13H14O5. The van der Waals surface area contributed by atoms with Crippen LogP contribution in [0.5, 0.6) is 11.5 Å². The molecule has 0 spiro atoms. The van der Waals surface area contributed by atoms with E-state index < -0.39 is 11.9 Å². The van der Waals surface area contributed by atoms with Crippen LogP contribution in [-0.2, 0) is 4.79 Å². The average Bonchev–Trinajstić information content (AvgIpc) is 2.37. The zero-order valence-electron chi connectivity index (χ0n) is 10.2. The number of aliphatic carboxylic acids is 1. The van der Waals surface area contributed by atoms with E-state index in [4.69, 9.17) is 9.47 Å². The minimum atomic E-state index is -0.938. The third kappa shape index (κ3) is 1.92. The number of fused-ring (bicyclic) bond motifs is 1. The minimum Gasteiger partial charge on any atom is -0.497 e. The topological polar surface area (TPSA) is 72.8 Å². The second kappa shape index (κ2) is 4.68. The first-order chi connectivity index (χ1) is 8.58. The summed E-state index contributed by atoms with van der Waals surface area (Å²) in [5.41, 5.74) is 0.854. The standard InChI is InChI=1S/C13H14O5/c1-17-7-5-9-10(14)4-3-8(13(15)16)12(9)11(6-7)18-2/h5-6,8H,3-4H2,1-2H3,(H,15,16). The van der Waals surface area contributed by atoms with E-state index in [1.165, 1.54) is 14.2 Å². The smallest absolute Gasteiger partial charge is 0.311 e. The maximum atomic E-state index is 11.9. The molecule has 0 aliphatic heterocycles. The van der Waals surface area contributed by atoms with Gasteiger partial charge in [0.05, 0.1) is 20.1 Å². The van der Waals surface area contributed by atoms with Gasteiger partial charge in [-0.2, -0.15) is 0 Å². The highest BCUT2D eigenvalue weighted by molar-refractivity contribution is 6.02. The Labute approximate surface area is 104 Å². The fourth-order valence-electron chi connectivity index (χ4n) is 2.28. The molecule has 5 nitrogen and oxygen atoms in total. The van der Waals surface area contributed by atoms with E-state index in [2.05, 4.69) is 0 Å². The van der Waals surface area contributed by atoms with Gasteiger partial charge in [0.25, 0.3) is 0 Å². The Hall–Kier alpha value is -2.04. The summed E-state index contributed by atoms with van der Waals surface area (Å²) in [6, 6.07) is 3.18. The number of benzene rings is 1. The van der Waals surface area contributed by atoms with Crippen molar-refractivity contribution in [1.29, 1.82) is 0 Å². The Morgan fingerprint density at radius 2 is 2.06 bits per heavy atom. The lowest BCUT2D eigenvalue weighted by Gasteiger charge is -2.24. The van der Waals surface area contributed by atoms with Gasteiger partial charge in [-0.3, -0.25) is 9.59 Å². The Balaban J connectivity index is 2.65. The fraction of sp³-hybridized carbons (Fsp3) is 0.385. The van der Waals surface area contributed by atoms with E-state index in [1.54, 1.807) is 12.1 Å². The normalized spacial score (nSPS) is 18.1. The number of ketones is 1. The van der Waals surface area contributed by atoms with Crippen LogP contribution in [0.3, 0.4) is 0 Å². The number of methoxy groups -OCH3 is 2. The summed E-state index contributed by atoms with van der Waals surface area (Å²) in [7, 11) is 2.94. The number of hydrogen-bond acceptors (Lipinski definition) is 4. The summed E-state index contributed by atoms with van der Waals surface area (Å²) < 4.78 is 10.3. The molecular weight excluding hydrogens is 236 g/mol. The molecule has 0 fully saturated rings. The second-order valence-electron chi connectivity index (χ2n) is 4.14. The first-order valence-electron chi connectivity index (χ1n) is 5.60. The van der Waals surface area contributed by atoms with Gasteiger partial charge in [0.2, 0.25) is 0 Å². The number of hydrogen-bond donors (Lipinski definition) is 1. The van der Waals surface area contributed by atoms with Crippen molar-refractivity contribution in [3.8, 4) is 11.5 Å². The highest BCUT2D eigenvalue weighted by Gasteiger charge is 2.33. The number of carboxylic acids is 1. The number of ether oxygens (including phenoxy) is 2. The van der Waals surface area contributed by atoms with Crippen LogP contribution in [0, 0.1) is 0 Å². The summed E-state index contributed by atoms with van der Waals surface area (Å²) in [5.74, 6) is -0.819. The predicted molar refractivity (Wildman–Crippen MR) is 63.5 cm³/mol. The van der Waals surface area contributed by atoms with Crippen LogP contribution in [0.1, 0.15) is 34.7 Å². The zero-order chi connectivity index (χ0) is 13.3. The summed E-state index contributed by atoms with van der Waals surface area (Å²) in [6.45, 7) is 0. The molecule has 1 unspecified atom stereocenters. The molecule has 2 rings (SSSR count). The maximum absolute atomic E-state index is 11.9. The zero-order valence-corrected chi connectivity index (χ0v) is 10.2. The van der Waals surface area contributed by atoms with Crippen LogP contribution >= 0.6 is 0 Å². The van der Waals surface area contributed by atoms with Gasteiger partial charge < -0.3 is 14.6 Å². The van der Waals surface area contributed by atoms with E-state index in [0.717, 1.165) is 0 Å². The van der Waals surface area contributed by atoms with Gasteiger partial charge in [-0.25, -0.2) is 0 Å². The van der Waals surface area contributed by atoms with Crippen molar-refractivity contribution < 1.29 is 24.2 Å². The molecule has 1 aromatic carbocycles. The Morgan fingerprint density at radius 3 is 2.61 bits per heavy atom. The molecule has 5 heteroatoms. The Bertz CT molecular complexity index is 506. The number of carboxylic acid groups (broad SMARTS) is 1. The predicted octanol–water partition coefficient (Wildman–Crippen LogP) is 1.85. The molecule has 1 aliphatic carbocycles. The van der Waals surface area contributed by atoms with Gasteiger partial charge >= 0.3 is 5.97 Å². The molecule has 18 heavy (non-hydrogen) atoms. The molecule has 0 heterocycles. The van der Waals surface area contributed by atoms with E-state index in [0.29, 0.717) is 29.0 Å². The minimum absolute atomic E-state index is 0.0697. The molecule has 0 radical (unpaired) electrons. The Kier molecular flexibility index (Phi) is 3.23. The molecule has 0 saturated heterocycles. The number of rotatable bonds is 3. The van der Waals surface area contributed by atoms with Crippen LogP contribution in [-0.4, -0.2) is 31.1 Å². The van der Waals surface area contributed by atoms with Gasteiger partial charge in [-0.05, 0) is 12.5 Å². The first-order valence-corrected chi connectivity index (χ1v) is 5.60. The monoisotopic (exact) mass is 250 g/mol. The summed E-state index contributed by atoms with van der Waals surface area (Å²) in [6.07, 6.45) is 0.546. The lowest BCUT2D eigenvalue weighted by Crippen LogP contribution is -2.22. The van der Waals surface area contributed by atoms with Crippen LogP contribution < -0.4 is 9.47 Å². The van der Waals surface area contributed by atoms with Crippen LogP contribution in [0.15, 0.2) is 12.1 Å². The highest BCUT2D eigenvalue weighted by Crippen LogP contribution is 2.40. The third-order valence-corrected chi connectivity index (χ3v) is 3.18. The molecule has 1 atom stereocenters. The van der Waals surface area contributed by atoms with Crippen LogP contribution in [0.2, 0.25) is 0 Å². The lowest BCUT2D eigenvalue weighted by molar-refractivity contribution is -0.139. The quantitative estimate of drug-likeness (QED) is 0.886.